The Morgan fingerprint density at radius 3 is 2.71 bits per heavy atom. The lowest BCUT2D eigenvalue weighted by Crippen LogP contribution is -2.35. The van der Waals surface area contributed by atoms with Gasteiger partial charge in [0.15, 0.2) is 5.13 Å². The Balaban J connectivity index is 1.97. The van der Waals surface area contributed by atoms with E-state index in [2.05, 4.69) is 36.1 Å². The van der Waals surface area contributed by atoms with Crippen LogP contribution in [0.25, 0.3) is 0 Å². The fourth-order valence-electron chi connectivity index (χ4n) is 2.97. The molecular weight excluding hydrogens is 280 g/mol. The number of hydrogen-bond donors (Lipinski definition) is 1. The molecule has 120 valence electrons. The Morgan fingerprint density at radius 1 is 1.38 bits per heavy atom. The van der Waals surface area contributed by atoms with Crippen molar-refractivity contribution in [1.82, 2.24) is 15.2 Å². The maximum absolute atomic E-state index is 4.89. The first-order valence-corrected chi connectivity index (χ1v) is 8.98. The zero-order valence-corrected chi connectivity index (χ0v) is 14.8. The van der Waals surface area contributed by atoms with Gasteiger partial charge >= 0.3 is 0 Å². The second-order valence-electron chi connectivity index (χ2n) is 6.27. The molecule has 1 aliphatic heterocycles. The molecule has 0 amide bonds. The average molecular weight is 311 g/mol. The van der Waals surface area contributed by atoms with E-state index in [0.717, 1.165) is 25.4 Å². The van der Waals surface area contributed by atoms with E-state index in [9.17, 15) is 0 Å². The molecule has 0 aliphatic carbocycles. The zero-order valence-electron chi connectivity index (χ0n) is 14.0. The van der Waals surface area contributed by atoms with E-state index >= 15 is 0 Å². The van der Waals surface area contributed by atoms with Gasteiger partial charge in [-0.15, -0.1) is 11.3 Å². The van der Waals surface area contributed by atoms with Crippen LogP contribution in [0.15, 0.2) is 0 Å². The molecule has 2 heterocycles. The minimum absolute atomic E-state index is 0.817. The van der Waals surface area contributed by atoms with Gasteiger partial charge in [0.2, 0.25) is 0 Å². The smallest absolute Gasteiger partial charge is 0.185 e. The molecule has 2 rings (SSSR count). The number of piperidine rings is 1. The minimum Gasteiger partial charge on any atom is -0.351 e. The number of nitrogens with zero attached hydrogens (tertiary/aromatic N) is 3. The number of likely N-dealkylation sites (tertiary alicyclic amines) is 1. The molecule has 0 spiro atoms. The molecule has 0 unspecified atom stereocenters. The predicted octanol–water partition coefficient (Wildman–Crippen LogP) is 2.59. The quantitative estimate of drug-likeness (QED) is 0.839. The van der Waals surface area contributed by atoms with Crippen molar-refractivity contribution in [3.63, 3.8) is 0 Å². The highest BCUT2D eigenvalue weighted by Gasteiger charge is 2.20. The van der Waals surface area contributed by atoms with Crippen molar-refractivity contribution in [2.24, 2.45) is 5.92 Å². The molecule has 1 aliphatic rings. The third-order valence-electron chi connectivity index (χ3n) is 4.29. The lowest BCUT2D eigenvalue weighted by Gasteiger charge is -2.31. The minimum atomic E-state index is 0.817. The SMILES string of the molecule is CCCc1nc(N(C)CC2CCN(C)CC2)sc1CNC. The molecule has 0 aromatic carbocycles. The van der Waals surface area contributed by atoms with Crippen LogP contribution in [-0.4, -0.2) is 50.7 Å². The van der Waals surface area contributed by atoms with Crippen LogP contribution in [0.2, 0.25) is 0 Å². The van der Waals surface area contributed by atoms with Crippen LogP contribution in [0.4, 0.5) is 5.13 Å². The van der Waals surface area contributed by atoms with Gasteiger partial charge < -0.3 is 15.1 Å². The Hall–Kier alpha value is -0.650. The van der Waals surface area contributed by atoms with Crippen molar-refractivity contribution in [3.05, 3.63) is 10.6 Å². The molecule has 0 saturated carbocycles. The van der Waals surface area contributed by atoms with Crippen LogP contribution >= 0.6 is 11.3 Å². The summed E-state index contributed by atoms with van der Waals surface area (Å²) in [6, 6.07) is 0. The molecule has 0 radical (unpaired) electrons. The number of anilines is 1. The van der Waals surface area contributed by atoms with Crippen molar-refractivity contribution in [2.75, 3.05) is 45.7 Å². The fraction of sp³-hybridized carbons (Fsp3) is 0.812. The standard InChI is InChI=1S/C16H30N4S/c1-5-6-14-15(11-17-2)21-16(18-14)20(4)12-13-7-9-19(3)10-8-13/h13,17H,5-12H2,1-4H3. The van der Waals surface area contributed by atoms with Crippen LogP contribution in [0.3, 0.4) is 0 Å². The Bertz CT molecular complexity index is 400. The third-order valence-corrected chi connectivity index (χ3v) is 5.50. The van der Waals surface area contributed by atoms with Gasteiger partial charge in [0.05, 0.1) is 5.69 Å². The van der Waals surface area contributed by atoms with Gasteiger partial charge in [-0.2, -0.15) is 0 Å². The van der Waals surface area contributed by atoms with Crippen LogP contribution in [-0.2, 0) is 13.0 Å². The Kier molecular flexibility index (Phi) is 6.45. The fourth-order valence-corrected chi connectivity index (χ4v) is 4.06. The maximum atomic E-state index is 4.89. The summed E-state index contributed by atoms with van der Waals surface area (Å²) in [6.07, 6.45) is 4.89. The monoisotopic (exact) mass is 310 g/mol. The van der Waals surface area contributed by atoms with Crippen LogP contribution in [0, 0.1) is 5.92 Å². The highest BCUT2D eigenvalue weighted by atomic mass is 32.1. The van der Waals surface area contributed by atoms with Crippen LogP contribution in [0.5, 0.6) is 0 Å². The van der Waals surface area contributed by atoms with E-state index in [1.807, 2.05) is 18.4 Å². The average Bonchev–Trinajstić information content (AvgIpc) is 2.86. The number of thiazole rings is 1. The highest BCUT2D eigenvalue weighted by Crippen LogP contribution is 2.28. The molecule has 0 bridgehead atoms. The van der Waals surface area contributed by atoms with Crippen molar-refractivity contribution < 1.29 is 0 Å². The van der Waals surface area contributed by atoms with E-state index in [0.29, 0.717) is 0 Å². The number of rotatable bonds is 7. The molecule has 1 aromatic rings. The van der Waals surface area contributed by atoms with Crippen LogP contribution in [0.1, 0.15) is 36.8 Å². The van der Waals surface area contributed by atoms with Gasteiger partial charge in [-0.05, 0) is 52.4 Å². The summed E-state index contributed by atoms with van der Waals surface area (Å²) in [5.74, 6) is 0.817. The molecule has 21 heavy (non-hydrogen) atoms. The van der Waals surface area contributed by atoms with Crippen molar-refractivity contribution >= 4 is 16.5 Å². The summed E-state index contributed by atoms with van der Waals surface area (Å²) in [5.41, 5.74) is 1.29. The maximum Gasteiger partial charge on any atom is 0.185 e. The van der Waals surface area contributed by atoms with Gasteiger partial charge in [-0.3, -0.25) is 0 Å². The normalized spacial score (nSPS) is 17.3. The van der Waals surface area contributed by atoms with E-state index in [-0.39, 0.29) is 0 Å². The molecule has 1 fully saturated rings. The topological polar surface area (TPSA) is 31.4 Å². The first-order chi connectivity index (χ1) is 10.1. The van der Waals surface area contributed by atoms with Crippen molar-refractivity contribution in [2.45, 2.75) is 39.2 Å². The molecule has 4 nitrogen and oxygen atoms in total. The first kappa shape index (κ1) is 16.7. The van der Waals surface area contributed by atoms with E-state index in [1.165, 1.54) is 48.1 Å². The first-order valence-electron chi connectivity index (χ1n) is 8.16. The van der Waals surface area contributed by atoms with Gasteiger partial charge in [0.1, 0.15) is 0 Å². The molecule has 1 aromatic heterocycles. The summed E-state index contributed by atoms with van der Waals surface area (Å²) in [7, 11) is 6.44. The molecule has 1 N–H and O–H groups in total. The second-order valence-corrected chi connectivity index (χ2v) is 7.34. The predicted molar refractivity (Wildman–Crippen MR) is 92.4 cm³/mol. The summed E-state index contributed by atoms with van der Waals surface area (Å²) in [6.45, 7) is 6.79. The summed E-state index contributed by atoms with van der Waals surface area (Å²) < 4.78 is 0. The summed E-state index contributed by atoms with van der Waals surface area (Å²) in [5, 5.41) is 4.46. The summed E-state index contributed by atoms with van der Waals surface area (Å²) in [4.78, 5) is 11.1. The van der Waals surface area contributed by atoms with E-state index < -0.39 is 0 Å². The van der Waals surface area contributed by atoms with Gasteiger partial charge in [-0.25, -0.2) is 4.98 Å². The van der Waals surface area contributed by atoms with Gasteiger partial charge in [0.25, 0.3) is 0 Å². The van der Waals surface area contributed by atoms with Crippen LogP contribution < -0.4 is 10.2 Å². The summed E-state index contributed by atoms with van der Waals surface area (Å²) >= 11 is 1.86. The Morgan fingerprint density at radius 2 is 2.10 bits per heavy atom. The number of nitrogens with one attached hydrogen (secondary N) is 1. The second kappa shape index (κ2) is 8.11. The molecule has 1 saturated heterocycles. The lowest BCUT2D eigenvalue weighted by atomic mass is 9.97. The largest absolute Gasteiger partial charge is 0.351 e. The third kappa shape index (κ3) is 4.66. The highest BCUT2D eigenvalue weighted by molar-refractivity contribution is 7.15. The van der Waals surface area contributed by atoms with E-state index in [4.69, 9.17) is 4.98 Å². The van der Waals surface area contributed by atoms with Crippen molar-refractivity contribution in [1.29, 1.82) is 0 Å². The molecule has 5 heteroatoms. The van der Waals surface area contributed by atoms with E-state index in [1.54, 1.807) is 0 Å². The number of aryl methyl sites for hydroxylation is 1. The zero-order chi connectivity index (χ0) is 15.2. The number of aromatic nitrogens is 1. The molecule has 0 atom stereocenters. The number of hydrogen-bond acceptors (Lipinski definition) is 5. The van der Waals surface area contributed by atoms with Crippen molar-refractivity contribution in [3.8, 4) is 0 Å². The van der Waals surface area contributed by atoms with Gasteiger partial charge in [-0.1, -0.05) is 13.3 Å². The lowest BCUT2D eigenvalue weighted by molar-refractivity contribution is 0.222. The van der Waals surface area contributed by atoms with Gasteiger partial charge in [0, 0.05) is 25.0 Å². The molecular formula is C16H30N4S. The Labute approximate surface area is 133 Å².